The van der Waals surface area contributed by atoms with Gasteiger partial charge in [0, 0.05) is 31.7 Å². The van der Waals surface area contributed by atoms with E-state index in [0.29, 0.717) is 6.42 Å². The molecule has 19 heavy (non-hydrogen) atoms. The minimum atomic E-state index is -0.932. The van der Waals surface area contributed by atoms with Crippen molar-refractivity contribution in [1.82, 2.24) is 10.2 Å². The lowest BCUT2D eigenvalue weighted by Crippen LogP contribution is -2.43. The molecule has 3 nitrogen and oxygen atoms in total. The zero-order valence-electron chi connectivity index (χ0n) is 10.9. The van der Waals surface area contributed by atoms with Crippen molar-refractivity contribution in [3.8, 4) is 0 Å². The molecule has 2 rings (SSSR count). The molecule has 1 aliphatic heterocycles. The Morgan fingerprint density at radius 1 is 1.26 bits per heavy atom. The molecular formula is C14H20F2N2O. The summed E-state index contributed by atoms with van der Waals surface area (Å²) in [5, 5.41) is 13.2. The van der Waals surface area contributed by atoms with Crippen LogP contribution in [0.2, 0.25) is 0 Å². The lowest BCUT2D eigenvalue weighted by Gasteiger charge is -2.27. The third kappa shape index (κ3) is 4.23. The van der Waals surface area contributed by atoms with Crippen LogP contribution in [0.15, 0.2) is 18.2 Å². The van der Waals surface area contributed by atoms with Crippen LogP contribution in [0.5, 0.6) is 0 Å². The van der Waals surface area contributed by atoms with E-state index in [0.717, 1.165) is 57.3 Å². The van der Waals surface area contributed by atoms with Crippen molar-refractivity contribution in [3.63, 3.8) is 0 Å². The fourth-order valence-corrected chi connectivity index (χ4v) is 2.37. The Balaban J connectivity index is 1.80. The normalized spacial score (nSPS) is 18.5. The molecule has 1 heterocycles. The quantitative estimate of drug-likeness (QED) is 0.854. The highest BCUT2D eigenvalue weighted by atomic mass is 19.1. The number of aliphatic hydroxyl groups excluding tert-OH is 1. The number of aliphatic hydroxyl groups is 1. The summed E-state index contributed by atoms with van der Waals surface area (Å²) in [5.74, 6) is -1.06. The molecule has 2 N–H and O–H groups in total. The van der Waals surface area contributed by atoms with Crippen molar-refractivity contribution in [2.75, 3.05) is 32.7 Å². The Hall–Kier alpha value is -1.04. The summed E-state index contributed by atoms with van der Waals surface area (Å²) in [6, 6.07) is 3.20. The van der Waals surface area contributed by atoms with Crippen LogP contribution < -0.4 is 5.32 Å². The molecule has 0 radical (unpaired) electrons. The van der Waals surface area contributed by atoms with Gasteiger partial charge in [0.05, 0.1) is 6.10 Å². The van der Waals surface area contributed by atoms with Gasteiger partial charge in [-0.3, -0.25) is 0 Å². The maximum absolute atomic E-state index is 13.5. The molecule has 5 heteroatoms. The molecule has 1 atom stereocenters. The Kier molecular flexibility index (Phi) is 5.24. The molecule has 0 bridgehead atoms. The molecular weight excluding hydrogens is 250 g/mol. The molecule has 1 unspecified atom stereocenters. The first-order valence-corrected chi connectivity index (χ1v) is 6.73. The number of halogens is 2. The molecule has 0 spiro atoms. The van der Waals surface area contributed by atoms with Gasteiger partial charge in [-0.05, 0) is 37.6 Å². The zero-order valence-corrected chi connectivity index (χ0v) is 10.9. The third-order valence-electron chi connectivity index (χ3n) is 3.48. The predicted molar refractivity (Wildman–Crippen MR) is 69.9 cm³/mol. The van der Waals surface area contributed by atoms with E-state index in [9.17, 15) is 13.9 Å². The van der Waals surface area contributed by atoms with Crippen LogP contribution in [-0.4, -0.2) is 42.7 Å². The van der Waals surface area contributed by atoms with Crippen LogP contribution in [0.4, 0.5) is 8.78 Å². The molecule has 1 aromatic rings. The summed E-state index contributed by atoms with van der Waals surface area (Å²) in [4.78, 5) is 2.31. The molecule has 1 aromatic carbocycles. The topological polar surface area (TPSA) is 35.5 Å². The van der Waals surface area contributed by atoms with Gasteiger partial charge in [-0.25, -0.2) is 8.78 Å². The van der Waals surface area contributed by atoms with Crippen LogP contribution >= 0.6 is 0 Å². The largest absolute Gasteiger partial charge is 0.388 e. The Labute approximate surface area is 112 Å². The second kappa shape index (κ2) is 6.93. The monoisotopic (exact) mass is 270 g/mol. The van der Waals surface area contributed by atoms with Crippen LogP contribution in [0.3, 0.4) is 0 Å². The van der Waals surface area contributed by atoms with Crippen molar-refractivity contribution < 1.29 is 13.9 Å². The number of rotatable bonds is 5. The van der Waals surface area contributed by atoms with Crippen molar-refractivity contribution in [1.29, 1.82) is 0 Å². The van der Waals surface area contributed by atoms with Crippen LogP contribution in [-0.2, 0) is 0 Å². The van der Waals surface area contributed by atoms with Gasteiger partial charge in [0.2, 0.25) is 0 Å². The SMILES string of the molecule is OC(CCCN1CCNCC1)c1cc(F)ccc1F. The van der Waals surface area contributed by atoms with Gasteiger partial charge in [0.25, 0.3) is 0 Å². The van der Waals surface area contributed by atoms with Gasteiger partial charge >= 0.3 is 0 Å². The number of hydrogen-bond acceptors (Lipinski definition) is 3. The van der Waals surface area contributed by atoms with E-state index in [1.807, 2.05) is 0 Å². The molecule has 1 saturated heterocycles. The molecule has 0 aromatic heterocycles. The number of benzene rings is 1. The van der Waals surface area contributed by atoms with Crippen molar-refractivity contribution in [3.05, 3.63) is 35.4 Å². The fraction of sp³-hybridized carbons (Fsp3) is 0.571. The van der Waals surface area contributed by atoms with Gasteiger partial charge < -0.3 is 15.3 Å². The molecule has 0 aliphatic carbocycles. The Morgan fingerprint density at radius 2 is 2.00 bits per heavy atom. The first kappa shape index (κ1) is 14.4. The van der Waals surface area contributed by atoms with E-state index >= 15 is 0 Å². The Morgan fingerprint density at radius 3 is 2.74 bits per heavy atom. The van der Waals surface area contributed by atoms with Gasteiger partial charge in [0.1, 0.15) is 11.6 Å². The second-order valence-corrected chi connectivity index (χ2v) is 4.92. The van der Waals surface area contributed by atoms with Crippen LogP contribution in [0.25, 0.3) is 0 Å². The Bertz CT molecular complexity index is 408. The molecule has 0 amide bonds. The van der Waals surface area contributed by atoms with Crippen molar-refractivity contribution >= 4 is 0 Å². The maximum atomic E-state index is 13.5. The predicted octanol–water partition coefficient (Wildman–Crippen LogP) is 1.68. The minimum absolute atomic E-state index is 0.0558. The smallest absolute Gasteiger partial charge is 0.129 e. The highest BCUT2D eigenvalue weighted by Gasteiger charge is 2.15. The lowest BCUT2D eigenvalue weighted by atomic mass is 10.0. The second-order valence-electron chi connectivity index (χ2n) is 4.92. The minimum Gasteiger partial charge on any atom is -0.388 e. The van der Waals surface area contributed by atoms with E-state index in [2.05, 4.69) is 10.2 Å². The van der Waals surface area contributed by atoms with Gasteiger partial charge in [0.15, 0.2) is 0 Å². The lowest BCUT2D eigenvalue weighted by molar-refractivity contribution is 0.148. The highest BCUT2D eigenvalue weighted by molar-refractivity contribution is 5.20. The van der Waals surface area contributed by atoms with E-state index in [-0.39, 0.29) is 5.56 Å². The van der Waals surface area contributed by atoms with E-state index in [1.54, 1.807) is 0 Å². The third-order valence-corrected chi connectivity index (χ3v) is 3.48. The summed E-state index contributed by atoms with van der Waals surface area (Å²) in [6.07, 6.45) is 0.292. The van der Waals surface area contributed by atoms with Gasteiger partial charge in [-0.1, -0.05) is 0 Å². The first-order valence-electron chi connectivity index (χ1n) is 6.73. The summed E-state index contributed by atoms with van der Waals surface area (Å²) in [5.41, 5.74) is 0.0558. The molecule has 1 aliphatic rings. The summed E-state index contributed by atoms with van der Waals surface area (Å²) in [7, 11) is 0. The van der Waals surface area contributed by atoms with Crippen molar-refractivity contribution in [2.45, 2.75) is 18.9 Å². The number of nitrogens with one attached hydrogen (secondary N) is 1. The van der Waals surface area contributed by atoms with Gasteiger partial charge in [-0.2, -0.15) is 0 Å². The summed E-state index contributed by atoms with van der Waals surface area (Å²) >= 11 is 0. The van der Waals surface area contributed by atoms with E-state index < -0.39 is 17.7 Å². The van der Waals surface area contributed by atoms with E-state index in [4.69, 9.17) is 0 Å². The average Bonchev–Trinajstić information content (AvgIpc) is 2.42. The van der Waals surface area contributed by atoms with Gasteiger partial charge in [-0.15, -0.1) is 0 Å². The first-order chi connectivity index (χ1) is 9.16. The number of nitrogens with zero attached hydrogens (tertiary/aromatic N) is 1. The van der Waals surface area contributed by atoms with Crippen molar-refractivity contribution in [2.24, 2.45) is 0 Å². The molecule has 0 saturated carbocycles. The van der Waals surface area contributed by atoms with E-state index in [1.165, 1.54) is 0 Å². The number of hydrogen-bond donors (Lipinski definition) is 2. The summed E-state index contributed by atoms with van der Waals surface area (Å²) in [6.45, 7) is 4.87. The number of piperazine rings is 1. The highest BCUT2D eigenvalue weighted by Crippen LogP contribution is 2.22. The summed E-state index contributed by atoms with van der Waals surface area (Å²) < 4.78 is 26.5. The standard InChI is InChI=1S/C14H20F2N2O/c15-11-3-4-13(16)12(10-11)14(19)2-1-7-18-8-5-17-6-9-18/h3-4,10,14,17,19H,1-2,5-9H2. The average molecular weight is 270 g/mol. The van der Waals surface area contributed by atoms with Crippen LogP contribution in [0, 0.1) is 11.6 Å². The fourth-order valence-electron chi connectivity index (χ4n) is 2.37. The maximum Gasteiger partial charge on any atom is 0.129 e. The molecule has 106 valence electrons. The zero-order chi connectivity index (χ0) is 13.7. The van der Waals surface area contributed by atoms with Crippen LogP contribution in [0.1, 0.15) is 24.5 Å². The molecule has 1 fully saturated rings.